The number of benzene rings is 8. The summed E-state index contributed by atoms with van der Waals surface area (Å²) in [4.78, 5) is 2.28. The van der Waals surface area contributed by atoms with Crippen LogP contribution in [0, 0.1) is 0 Å². The van der Waals surface area contributed by atoms with Crippen molar-refractivity contribution in [2.45, 2.75) is 0 Å². The largest absolute Gasteiger partial charge is 0.454 e. The van der Waals surface area contributed by atoms with E-state index in [9.17, 15) is 0 Å². The lowest BCUT2D eigenvalue weighted by atomic mass is 10.0. The molecule has 0 spiro atoms. The molecule has 2 heterocycles. The Morgan fingerprint density at radius 3 is 1.73 bits per heavy atom. The van der Waals surface area contributed by atoms with Crippen molar-refractivity contribution in [1.82, 2.24) is 0 Å². The number of rotatable bonds is 5. The Hall–Kier alpha value is -6.58. The van der Waals surface area contributed by atoms with Gasteiger partial charge in [-0.3, -0.25) is 0 Å². The molecule has 0 aliphatic carbocycles. The fourth-order valence-corrected chi connectivity index (χ4v) is 7.31. The van der Waals surface area contributed by atoms with E-state index in [4.69, 9.17) is 8.83 Å². The van der Waals surface area contributed by atoms with Crippen LogP contribution in [0.3, 0.4) is 0 Å². The first-order valence-corrected chi connectivity index (χ1v) is 16.6. The second-order valence-corrected chi connectivity index (χ2v) is 12.5. The molecule has 3 heteroatoms. The van der Waals surface area contributed by atoms with Crippen LogP contribution in [0.15, 0.2) is 185 Å². The van der Waals surface area contributed by atoms with Crippen LogP contribution in [0.1, 0.15) is 0 Å². The van der Waals surface area contributed by atoms with Gasteiger partial charge in [-0.2, -0.15) is 0 Å². The number of hydrogen-bond donors (Lipinski definition) is 0. The molecule has 2 aromatic heterocycles. The van der Waals surface area contributed by atoms with E-state index in [1.165, 1.54) is 16.3 Å². The van der Waals surface area contributed by atoms with Crippen LogP contribution >= 0.6 is 0 Å². The molecule has 3 nitrogen and oxygen atoms in total. The molecule has 10 rings (SSSR count). The molecule has 0 radical (unpaired) electrons. The van der Waals surface area contributed by atoms with Crippen molar-refractivity contribution in [3.8, 4) is 22.3 Å². The summed E-state index contributed by atoms with van der Waals surface area (Å²) in [7, 11) is 0. The van der Waals surface area contributed by atoms with Gasteiger partial charge in [0.05, 0.1) is 11.4 Å². The highest BCUT2D eigenvalue weighted by atomic mass is 16.3. The number of furan rings is 2. The zero-order valence-corrected chi connectivity index (χ0v) is 26.5. The van der Waals surface area contributed by atoms with Gasteiger partial charge < -0.3 is 13.7 Å². The van der Waals surface area contributed by atoms with Crippen LogP contribution < -0.4 is 4.90 Å². The molecule has 0 amide bonds. The summed E-state index contributed by atoms with van der Waals surface area (Å²) >= 11 is 0. The first-order chi connectivity index (χ1) is 24.3. The van der Waals surface area contributed by atoms with Gasteiger partial charge in [-0.15, -0.1) is 0 Å². The van der Waals surface area contributed by atoms with Gasteiger partial charge in [-0.25, -0.2) is 0 Å². The Morgan fingerprint density at radius 2 is 0.939 bits per heavy atom. The number of anilines is 3. The molecule has 0 aliphatic rings. The summed E-state index contributed by atoms with van der Waals surface area (Å²) in [6.45, 7) is 0. The molecule has 8 aromatic carbocycles. The highest BCUT2D eigenvalue weighted by Gasteiger charge is 2.24. The smallest absolute Gasteiger partial charge is 0.159 e. The van der Waals surface area contributed by atoms with E-state index in [1.54, 1.807) is 0 Å². The van der Waals surface area contributed by atoms with Crippen LogP contribution in [-0.2, 0) is 0 Å². The second kappa shape index (κ2) is 11.0. The Bertz CT molecular complexity index is 2830. The zero-order chi connectivity index (χ0) is 32.3. The van der Waals surface area contributed by atoms with Gasteiger partial charge in [0.2, 0.25) is 0 Å². The van der Waals surface area contributed by atoms with Gasteiger partial charge in [0, 0.05) is 32.8 Å². The van der Waals surface area contributed by atoms with E-state index in [0.29, 0.717) is 0 Å². The summed E-state index contributed by atoms with van der Waals surface area (Å²) < 4.78 is 13.5. The van der Waals surface area contributed by atoms with Crippen molar-refractivity contribution in [3.05, 3.63) is 176 Å². The molecule has 230 valence electrons. The van der Waals surface area contributed by atoms with Crippen LogP contribution in [0.4, 0.5) is 17.1 Å². The van der Waals surface area contributed by atoms with Crippen LogP contribution in [0.5, 0.6) is 0 Å². The van der Waals surface area contributed by atoms with Gasteiger partial charge in [0.15, 0.2) is 11.2 Å². The highest BCUT2D eigenvalue weighted by molar-refractivity contribution is 6.15. The van der Waals surface area contributed by atoms with Crippen molar-refractivity contribution < 1.29 is 8.83 Å². The standard InChI is InChI=1S/C46H29NO2/c1-2-12-32(13-3-1)36-16-8-17-39-40-19-10-21-42(46(40)49-44(36)39)47(41-20-9-18-38-37-15-6-7-22-43(37)48-45(38)41)35-27-25-31(26-28-35)34-24-23-30-11-4-5-14-33(30)29-34/h1-29H. The summed E-state index contributed by atoms with van der Waals surface area (Å²) in [6, 6.07) is 61.9. The normalized spacial score (nSPS) is 11.7. The van der Waals surface area contributed by atoms with Crippen LogP contribution in [0.25, 0.3) is 76.9 Å². The van der Waals surface area contributed by atoms with Crippen LogP contribution in [-0.4, -0.2) is 0 Å². The third-order valence-corrected chi connectivity index (χ3v) is 9.66. The maximum atomic E-state index is 6.93. The molecule has 0 bridgehead atoms. The summed E-state index contributed by atoms with van der Waals surface area (Å²) in [5.74, 6) is 0. The number of hydrogen-bond acceptors (Lipinski definition) is 3. The van der Waals surface area contributed by atoms with Gasteiger partial charge in [-0.1, -0.05) is 140 Å². The molecular weight excluding hydrogens is 599 g/mol. The maximum absolute atomic E-state index is 6.93. The minimum atomic E-state index is 0.826. The predicted molar refractivity (Wildman–Crippen MR) is 204 cm³/mol. The second-order valence-electron chi connectivity index (χ2n) is 12.5. The van der Waals surface area contributed by atoms with E-state index in [-0.39, 0.29) is 0 Å². The minimum Gasteiger partial charge on any atom is -0.454 e. The van der Waals surface area contributed by atoms with Gasteiger partial charge in [-0.05, 0) is 63.9 Å². The van der Waals surface area contributed by atoms with E-state index in [2.05, 4.69) is 163 Å². The molecule has 0 atom stereocenters. The summed E-state index contributed by atoms with van der Waals surface area (Å²) in [6.07, 6.45) is 0. The molecule has 0 aliphatic heterocycles. The average molecular weight is 628 g/mol. The Labute approximate surface area is 282 Å². The minimum absolute atomic E-state index is 0.826. The van der Waals surface area contributed by atoms with Gasteiger partial charge in [0.1, 0.15) is 11.2 Å². The highest BCUT2D eigenvalue weighted by Crippen LogP contribution is 2.47. The van der Waals surface area contributed by atoms with E-state index in [0.717, 1.165) is 77.6 Å². The molecule has 0 fully saturated rings. The lowest BCUT2D eigenvalue weighted by Crippen LogP contribution is -2.10. The predicted octanol–water partition coefficient (Wildman–Crippen LogP) is 13.4. The Kier molecular flexibility index (Phi) is 6.18. The molecule has 49 heavy (non-hydrogen) atoms. The maximum Gasteiger partial charge on any atom is 0.159 e. The molecule has 0 saturated heterocycles. The summed E-state index contributed by atoms with van der Waals surface area (Å²) in [5.41, 5.74) is 10.8. The molecule has 0 saturated carbocycles. The quantitative estimate of drug-likeness (QED) is 0.190. The third kappa shape index (κ3) is 4.44. The monoisotopic (exact) mass is 627 g/mol. The number of nitrogens with zero attached hydrogens (tertiary/aromatic N) is 1. The van der Waals surface area contributed by atoms with E-state index < -0.39 is 0 Å². The summed E-state index contributed by atoms with van der Waals surface area (Å²) in [5, 5.41) is 6.80. The Balaban J connectivity index is 1.20. The zero-order valence-electron chi connectivity index (χ0n) is 26.5. The van der Waals surface area contributed by atoms with Gasteiger partial charge in [0.25, 0.3) is 0 Å². The molecule has 0 N–H and O–H groups in total. The van der Waals surface area contributed by atoms with Gasteiger partial charge >= 0.3 is 0 Å². The van der Waals surface area contributed by atoms with E-state index in [1.807, 2.05) is 18.2 Å². The lowest BCUT2D eigenvalue weighted by molar-refractivity contribution is 0.666. The van der Waals surface area contributed by atoms with Crippen molar-refractivity contribution in [1.29, 1.82) is 0 Å². The number of para-hydroxylation sites is 4. The number of fused-ring (bicyclic) bond motifs is 7. The van der Waals surface area contributed by atoms with Crippen molar-refractivity contribution >= 4 is 71.7 Å². The Morgan fingerprint density at radius 1 is 0.347 bits per heavy atom. The lowest BCUT2D eigenvalue weighted by Gasteiger charge is -2.25. The van der Waals surface area contributed by atoms with Crippen molar-refractivity contribution in [2.75, 3.05) is 4.90 Å². The van der Waals surface area contributed by atoms with Crippen molar-refractivity contribution in [3.63, 3.8) is 0 Å². The SMILES string of the molecule is c1ccc(-c2cccc3c2oc2c(N(c4ccc(-c5ccc6ccccc6c5)cc4)c4cccc5c4oc4ccccc45)cccc23)cc1. The molecule has 10 aromatic rings. The third-order valence-electron chi connectivity index (χ3n) is 9.66. The van der Waals surface area contributed by atoms with Crippen LogP contribution in [0.2, 0.25) is 0 Å². The molecular formula is C46H29NO2. The first-order valence-electron chi connectivity index (χ1n) is 16.6. The first kappa shape index (κ1) is 27.5. The van der Waals surface area contributed by atoms with E-state index >= 15 is 0 Å². The average Bonchev–Trinajstić information content (AvgIpc) is 3.75. The fourth-order valence-electron chi connectivity index (χ4n) is 7.31. The fraction of sp³-hybridized carbons (Fsp3) is 0. The van der Waals surface area contributed by atoms with Crippen molar-refractivity contribution in [2.24, 2.45) is 0 Å². The molecule has 0 unspecified atom stereocenters. The topological polar surface area (TPSA) is 29.5 Å².